The van der Waals surface area contributed by atoms with E-state index < -0.39 is 0 Å². The van der Waals surface area contributed by atoms with Gasteiger partial charge in [-0.1, -0.05) is 43.2 Å². The fourth-order valence-corrected chi connectivity index (χ4v) is 2.90. The lowest BCUT2D eigenvalue weighted by Crippen LogP contribution is -2.30. The molecule has 0 spiro atoms. The third kappa shape index (κ3) is 3.56. The van der Waals surface area contributed by atoms with Crippen LogP contribution in [0.15, 0.2) is 30.3 Å². The molecular weight excluding hydrogens is 222 g/mol. The van der Waals surface area contributed by atoms with E-state index in [0.717, 1.165) is 13.2 Å². The quantitative estimate of drug-likeness (QED) is 0.864. The van der Waals surface area contributed by atoms with Gasteiger partial charge in [0.15, 0.2) is 0 Å². The minimum Gasteiger partial charge on any atom is -0.374 e. The monoisotopic (exact) mass is 247 g/mol. The zero-order chi connectivity index (χ0) is 12.8. The van der Waals surface area contributed by atoms with E-state index in [2.05, 4.69) is 31.2 Å². The Morgan fingerprint density at radius 3 is 2.50 bits per heavy atom. The van der Waals surface area contributed by atoms with Crippen LogP contribution in [0, 0.1) is 11.8 Å². The molecule has 1 fully saturated rings. The standard InChI is InChI=1S/C16H25NO/c1-13(14-7-3-2-4-8-14)18-12-16-10-6-5-9-15(16)11-17/h2-4,7-8,13,15-16H,5-6,9-12,17H2,1H3. The molecule has 3 atom stereocenters. The van der Waals surface area contributed by atoms with E-state index in [9.17, 15) is 0 Å². The summed E-state index contributed by atoms with van der Waals surface area (Å²) in [6.45, 7) is 3.81. The summed E-state index contributed by atoms with van der Waals surface area (Å²) >= 11 is 0. The predicted molar refractivity (Wildman–Crippen MR) is 75.3 cm³/mol. The lowest BCUT2D eigenvalue weighted by molar-refractivity contribution is 0.0140. The molecule has 2 heteroatoms. The van der Waals surface area contributed by atoms with E-state index >= 15 is 0 Å². The zero-order valence-electron chi connectivity index (χ0n) is 11.3. The van der Waals surface area contributed by atoms with Crippen LogP contribution >= 0.6 is 0 Å². The average Bonchev–Trinajstić information content (AvgIpc) is 2.46. The fourth-order valence-electron chi connectivity index (χ4n) is 2.90. The molecule has 0 aromatic heterocycles. The van der Waals surface area contributed by atoms with Crippen molar-refractivity contribution in [2.75, 3.05) is 13.2 Å². The highest BCUT2D eigenvalue weighted by Crippen LogP contribution is 2.30. The molecule has 0 heterocycles. The van der Waals surface area contributed by atoms with Gasteiger partial charge in [-0.05, 0) is 43.7 Å². The maximum absolute atomic E-state index is 6.04. The minimum atomic E-state index is 0.187. The van der Waals surface area contributed by atoms with Crippen LogP contribution in [0.4, 0.5) is 0 Å². The van der Waals surface area contributed by atoms with Gasteiger partial charge in [-0.25, -0.2) is 0 Å². The molecular formula is C16H25NO. The molecule has 18 heavy (non-hydrogen) atoms. The van der Waals surface area contributed by atoms with Crippen LogP contribution < -0.4 is 5.73 Å². The Morgan fingerprint density at radius 2 is 1.83 bits per heavy atom. The van der Waals surface area contributed by atoms with Crippen LogP contribution in [-0.4, -0.2) is 13.2 Å². The summed E-state index contributed by atoms with van der Waals surface area (Å²) in [7, 11) is 0. The van der Waals surface area contributed by atoms with Crippen molar-refractivity contribution in [2.24, 2.45) is 17.6 Å². The van der Waals surface area contributed by atoms with E-state index in [0.29, 0.717) is 11.8 Å². The Bertz CT molecular complexity index is 338. The van der Waals surface area contributed by atoms with Crippen molar-refractivity contribution in [1.29, 1.82) is 0 Å². The highest BCUT2D eigenvalue weighted by atomic mass is 16.5. The molecule has 0 radical (unpaired) electrons. The number of hydrogen-bond acceptors (Lipinski definition) is 2. The van der Waals surface area contributed by atoms with E-state index in [1.54, 1.807) is 0 Å². The van der Waals surface area contributed by atoms with Crippen LogP contribution in [-0.2, 0) is 4.74 Å². The fraction of sp³-hybridized carbons (Fsp3) is 0.625. The topological polar surface area (TPSA) is 35.2 Å². The molecule has 1 aliphatic rings. The van der Waals surface area contributed by atoms with Gasteiger partial charge in [0.1, 0.15) is 0 Å². The summed E-state index contributed by atoms with van der Waals surface area (Å²) in [4.78, 5) is 0. The number of rotatable bonds is 5. The van der Waals surface area contributed by atoms with E-state index in [-0.39, 0.29) is 6.10 Å². The minimum absolute atomic E-state index is 0.187. The van der Waals surface area contributed by atoms with E-state index in [1.807, 2.05) is 6.07 Å². The first kappa shape index (κ1) is 13.6. The summed E-state index contributed by atoms with van der Waals surface area (Å²) in [5, 5.41) is 0. The van der Waals surface area contributed by atoms with Gasteiger partial charge in [-0.2, -0.15) is 0 Å². The maximum Gasteiger partial charge on any atom is 0.0796 e. The van der Waals surface area contributed by atoms with Crippen molar-refractivity contribution in [3.05, 3.63) is 35.9 Å². The molecule has 2 nitrogen and oxygen atoms in total. The Labute approximate surface area is 111 Å². The molecule has 1 saturated carbocycles. The van der Waals surface area contributed by atoms with Crippen LogP contribution in [0.2, 0.25) is 0 Å². The second kappa shape index (κ2) is 6.91. The second-order valence-corrected chi connectivity index (χ2v) is 5.43. The summed E-state index contributed by atoms with van der Waals surface area (Å²) in [6, 6.07) is 10.4. The molecule has 0 bridgehead atoms. The maximum atomic E-state index is 6.04. The Balaban J connectivity index is 1.83. The molecule has 0 aliphatic heterocycles. The van der Waals surface area contributed by atoms with Gasteiger partial charge < -0.3 is 10.5 Å². The number of ether oxygens (including phenoxy) is 1. The Kier molecular flexibility index (Phi) is 5.21. The molecule has 2 rings (SSSR count). The summed E-state index contributed by atoms with van der Waals surface area (Å²) in [5.74, 6) is 1.33. The smallest absolute Gasteiger partial charge is 0.0796 e. The largest absolute Gasteiger partial charge is 0.374 e. The van der Waals surface area contributed by atoms with Crippen LogP contribution in [0.3, 0.4) is 0 Å². The number of benzene rings is 1. The Morgan fingerprint density at radius 1 is 1.17 bits per heavy atom. The highest BCUT2D eigenvalue weighted by molar-refractivity contribution is 5.16. The van der Waals surface area contributed by atoms with E-state index in [1.165, 1.54) is 31.2 Å². The average molecular weight is 247 g/mol. The first-order valence-corrected chi connectivity index (χ1v) is 7.18. The van der Waals surface area contributed by atoms with Crippen LogP contribution in [0.5, 0.6) is 0 Å². The van der Waals surface area contributed by atoms with Gasteiger partial charge in [-0.3, -0.25) is 0 Å². The van der Waals surface area contributed by atoms with Crippen molar-refractivity contribution in [1.82, 2.24) is 0 Å². The normalized spacial score (nSPS) is 25.9. The SMILES string of the molecule is CC(OCC1CCCCC1CN)c1ccccc1. The first-order chi connectivity index (χ1) is 8.81. The molecule has 0 amide bonds. The molecule has 100 valence electrons. The van der Waals surface area contributed by atoms with Gasteiger partial charge in [0.05, 0.1) is 12.7 Å². The summed E-state index contributed by atoms with van der Waals surface area (Å²) in [5.41, 5.74) is 7.12. The lowest BCUT2D eigenvalue weighted by Gasteiger charge is -2.31. The molecule has 2 N–H and O–H groups in total. The van der Waals surface area contributed by atoms with Gasteiger partial charge in [0.2, 0.25) is 0 Å². The van der Waals surface area contributed by atoms with Crippen LogP contribution in [0.25, 0.3) is 0 Å². The molecule has 3 unspecified atom stereocenters. The third-order valence-electron chi connectivity index (χ3n) is 4.20. The third-order valence-corrected chi connectivity index (χ3v) is 4.20. The zero-order valence-corrected chi connectivity index (χ0v) is 11.3. The molecule has 0 saturated heterocycles. The van der Waals surface area contributed by atoms with Gasteiger partial charge in [-0.15, -0.1) is 0 Å². The summed E-state index contributed by atoms with van der Waals surface area (Å²) in [6.07, 6.45) is 5.43. The second-order valence-electron chi connectivity index (χ2n) is 5.43. The molecule has 1 aromatic carbocycles. The predicted octanol–water partition coefficient (Wildman–Crippen LogP) is 3.53. The molecule has 1 aromatic rings. The Hall–Kier alpha value is -0.860. The van der Waals surface area contributed by atoms with Crippen molar-refractivity contribution in [3.8, 4) is 0 Å². The van der Waals surface area contributed by atoms with Crippen LogP contribution in [0.1, 0.15) is 44.3 Å². The van der Waals surface area contributed by atoms with Crippen molar-refractivity contribution >= 4 is 0 Å². The van der Waals surface area contributed by atoms with E-state index in [4.69, 9.17) is 10.5 Å². The van der Waals surface area contributed by atoms with Gasteiger partial charge >= 0.3 is 0 Å². The highest BCUT2D eigenvalue weighted by Gasteiger charge is 2.24. The number of nitrogens with two attached hydrogens (primary N) is 1. The first-order valence-electron chi connectivity index (χ1n) is 7.18. The van der Waals surface area contributed by atoms with Crippen molar-refractivity contribution < 1.29 is 4.74 Å². The lowest BCUT2D eigenvalue weighted by atomic mass is 9.80. The van der Waals surface area contributed by atoms with Crippen molar-refractivity contribution in [2.45, 2.75) is 38.7 Å². The number of hydrogen-bond donors (Lipinski definition) is 1. The molecule has 1 aliphatic carbocycles. The van der Waals surface area contributed by atoms with Crippen molar-refractivity contribution in [3.63, 3.8) is 0 Å². The van der Waals surface area contributed by atoms with Gasteiger partial charge in [0, 0.05) is 0 Å². The summed E-state index contributed by atoms with van der Waals surface area (Å²) < 4.78 is 6.04. The van der Waals surface area contributed by atoms with Gasteiger partial charge in [0.25, 0.3) is 0 Å².